The van der Waals surface area contributed by atoms with E-state index in [0.29, 0.717) is 24.7 Å². The number of aryl methyl sites for hydroxylation is 1. The number of hydrogen-bond donors (Lipinski definition) is 1. The lowest BCUT2D eigenvalue weighted by atomic mass is 10.1. The first-order valence-electron chi connectivity index (χ1n) is 6.56. The van der Waals surface area contributed by atoms with Gasteiger partial charge in [0.15, 0.2) is 5.82 Å². The Kier molecular flexibility index (Phi) is 4.17. The third-order valence-corrected chi connectivity index (χ3v) is 3.63. The van der Waals surface area contributed by atoms with Crippen molar-refractivity contribution in [1.29, 1.82) is 0 Å². The zero-order valence-corrected chi connectivity index (χ0v) is 11.0. The zero-order valence-electron chi connectivity index (χ0n) is 11.0. The maximum absolute atomic E-state index is 14.1. The molecule has 100 valence electrons. The molecule has 4 heteroatoms. The molecule has 0 amide bonds. The van der Waals surface area contributed by atoms with Gasteiger partial charge in [-0.15, -0.1) is 0 Å². The van der Waals surface area contributed by atoms with E-state index in [1.165, 1.54) is 12.1 Å². The minimum Gasteiger partial charge on any atom is -0.365 e. The second-order valence-electron chi connectivity index (χ2n) is 4.86. The van der Waals surface area contributed by atoms with Gasteiger partial charge >= 0.3 is 0 Å². The standard InChI is InChI=1S/C14H20F2N2/c1-3-11-6-8-18(9-7-17-11)14-12(15)5-4-10(2)13(14)16/h4-5,11,17H,3,6-9H2,1-2H3. The number of halogens is 2. The summed E-state index contributed by atoms with van der Waals surface area (Å²) in [6, 6.07) is 3.29. The first-order chi connectivity index (χ1) is 8.63. The second-order valence-corrected chi connectivity index (χ2v) is 4.86. The van der Waals surface area contributed by atoms with E-state index in [9.17, 15) is 8.78 Å². The number of nitrogens with zero attached hydrogens (tertiary/aromatic N) is 1. The van der Waals surface area contributed by atoms with Crippen LogP contribution in [0.25, 0.3) is 0 Å². The predicted molar refractivity (Wildman–Crippen MR) is 70.0 cm³/mol. The molecule has 2 nitrogen and oxygen atoms in total. The van der Waals surface area contributed by atoms with Crippen LogP contribution in [0.5, 0.6) is 0 Å². The number of nitrogens with one attached hydrogen (secondary N) is 1. The summed E-state index contributed by atoms with van der Waals surface area (Å²) in [5.41, 5.74) is 0.629. The highest BCUT2D eigenvalue weighted by Crippen LogP contribution is 2.26. The molecule has 18 heavy (non-hydrogen) atoms. The van der Waals surface area contributed by atoms with Crippen LogP contribution < -0.4 is 10.2 Å². The molecule has 1 aromatic carbocycles. The van der Waals surface area contributed by atoms with Crippen molar-refractivity contribution in [3.8, 4) is 0 Å². The minimum absolute atomic E-state index is 0.133. The molecule has 1 N–H and O–H groups in total. The van der Waals surface area contributed by atoms with E-state index in [0.717, 1.165) is 19.4 Å². The van der Waals surface area contributed by atoms with E-state index in [1.807, 2.05) is 4.90 Å². The highest BCUT2D eigenvalue weighted by molar-refractivity contribution is 5.51. The molecule has 1 atom stereocenters. The number of rotatable bonds is 2. The fourth-order valence-electron chi connectivity index (χ4n) is 2.43. The third-order valence-electron chi connectivity index (χ3n) is 3.63. The van der Waals surface area contributed by atoms with Crippen molar-refractivity contribution in [2.24, 2.45) is 0 Å². The van der Waals surface area contributed by atoms with Gasteiger partial charge in [0.1, 0.15) is 11.5 Å². The normalized spacial score (nSPS) is 20.9. The smallest absolute Gasteiger partial charge is 0.152 e. The molecule has 0 saturated carbocycles. The minimum atomic E-state index is -0.465. The molecule has 1 aliphatic heterocycles. The van der Waals surface area contributed by atoms with Crippen LogP contribution in [-0.2, 0) is 0 Å². The Morgan fingerprint density at radius 3 is 2.83 bits per heavy atom. The first-order valence-corrected chi connectivity index (χ1v) is 6.56. The van der Waals surface area contributed by atoms with Crippen LogP contribution in [0.3, 0.4) is 0 Å². The number of anilines is 1. The predicted octanol–water partition coefficient (Wildman–Crippen LogP) is 2.85. The molecular formula is C14H20F2N2. The lowest BCUT2D eigenvalue weighted by molar-refractivity contribution is 0.509. The monoisotopic (exact) mass is 254 g/mol. The van der Waals surface area contributed by atoms with Gasteiger partial charge in [0, 0.05) is 25.7 Å². The first kappa shape index (κ1) is 13.3. The molecule has 1 unspecified atom stereocenters. The Labute approximate surface area is 107 Å². The fourth-order valence-corrected chi connectivity index (χ4v) is 2.43. The van der Waals surface area contributed by atoms with Gasteiger partial charge in [0.25, 0.3) is 0 Å². The summed E-state index contributed by atoms with van der Waals surface area (Å²) in [6.45, 7) is 5.91. The van der Waals surface area contributed by atoms with E-state index in [1.54, 1.807) is 6.92 Å². The third kappa shape index (κ3) is 2.64. The molecule has 0 aromatic heterocycles. The Hall–Kier alpha value is -1.16. The summed E-state index contributed by atoms with van der Waals surface area (Å²) in [5, 5.41) is 3.40. The van der Waals surface area contributed by atoms with Crippen molar-refractivity contribution >= 4 is 5.69 Å². The number of hydrogen-bond acceptors (Lipinski definition) is 2. The Morgan fingerprint density at radius 2 is 2.11 bits per heavy atom. The summed E-state index contributed by atoms with van der Waals surface area (Å²) >= 11 is 0. The molecule has 1 saturated heterocycles. The molecule has 1 aliphatic rings. The second kappa shape index (κ2) is 5.65. The maximum atomic E-state index is 14.1. The SMILES string of the molecule is CCC1CCN(c2c(F)ccc(C)c2F)CCN1. The summed E-state index contributed by atoms with van der Waals surface area (Å²) in [4.78, 5) is 1.82. The summed E-state index contributed by atoms with van der Waals surface area (Å²) in [6.07, 6.45) is 1.97. The molecule has 0 aliphatic carbocycles. The molecule has 1 heterocycles. The lowest BCUT2D eigenvalue weighted by Gasteiger charge is -2.24. The van der Waals surface area contributed by atoms with Crippen LogP contribution in [0.1, 0.15) is 25.3 Å². The Morgan fingerprint density at radius 1 is 1.33 bits per heavy atom. The number of benzene rings is 1. The molecule has 2 rings (SSSR count). The molecular weight excluding hydrogens is 234 g/mol. The van der Waals surface area contributed by atoms with Gasteiger partial charge in [0.05, 0.1) is 0 Å². The van der Waals surface area contributed by atoms with Crippen molar-refractivity contribution in [2.45, 2.75) is 32.7 Å². The van der Waals surface area contributed by atoms with Gasteiger partial charge in [-0.2, -0.15) is 0 Å². The quantitative estimate of drug-likeness (QED) is 0.873. The van der Waals surface area contributed by atoms with Crippen LogP contribution in [0.2, 0.25) is 0 Å². The van der Waals surface area contributed by atoms with Crippen LogP contribution in [0, 0.1) is 18.6 Å². The van der Waals surface area contributed by atoms with Gasteiger partial charge < -0.3 is 10.2 Å². The Balaban J connectivity index is 2.23. The van der Waals surface area contributed by atoms with E-state index in [4.69, 9.17) is 0 Å². The highest BCUT2D eigenvalue weighted by atomic mass is 19.1. The van der Waals surface area contributed by atoms with Crippen LogP contribution in [0.15, 0.2) is 12.1 Å². The lowest BCUT2D eigenvalue weighted by Crippen LogP contribution is -2.30. The Bertz CT molecular complexity index is 421. The van der Waals surface area contributed by atoms with Crippen molar-refractivity contribution in [2.75, 3.05) is 24.5 Å². The topological polar surface area (TPSA) is 15.3 Å². The van der Waals surface area contributed by atoms with Gasteiger partial charge in [-0.1, -0.05) is 13.0 Å². The van der Waals surface area contributed by atoms with Crippen molar-refractivity contribution < 1.29 is 8.78 Å². The van der Waals surface area contributed by atoms with Crippen LogP contribution >= 0.6 is 0 Å². The van der Waals surface area contributed by atoms with E-state index >= 15 is 0 Å². The molecule has 0 radical (unpaired) electrons. The van der Waals surface area contributed by atoms with Crippen molar-refractivity contribution in [3.05, 3.63) is 29.3 Å². The van der Waals surface area contributed by atoms with Gasteiger partial charge in [-0.05, 0) is 31.4 Å². The average molecular weight is 254 g/mol. The van der Waals surface area contributed by atoms with Gasteiger partial charge in [-0.25, -0.2) is 8.78 Å². The molecule has 1 fully saturated rings. The highest BCUT2D eigenvalue weighted by Gasteiger charge is 2.21. The maximum Gasteiger partial charge on any atom is 0.152 e. The largest absolute Gasteiger partial charge is 0.365 e. The molecule has 1 aromatic rings. The van der Waals surface area contributed by atoms with Crippen LogP contribution in [0.4, 0.5) is 14.5 Å². The average Bonchev–Trinajstić information content (AvgIpc) is 2.60. The van der Waals surface area contributed by atoms with Crippen LogP contribution in [-0.4, -0.2) is 25.7 Å². The van der Waals surface area contributed by atoms with Crippen molar-refractivity contribution in [1.82, 2.24) is 5.32 Å². The fraction of sp³-hybridized carbons (Fsp3) is 0.571. The molecule has 0 bridgehead atoms. The summed E-state index contributed by atoms with van der Waals surface area (Å²) < 4.78 is 27.9. The van der Waals surface area contributed by atoms with E-state index in [2.05, 4.69) is 12.2 Å². The molecule has 0 spiro atoms. The summed E-state index contributed by atoms with van der Waals surface area (Å²) in [7, 11) is 0. The van der Waals surface area contributed by atoms with Gasteiger partial charge in [-0.3, -0.25) is 0 Å². The van der Waals surface area contributed by atoms with Crippen molar-refractivity contribution in [3.63, 3.8) is 0 Å². The summed E-state index contributed by atoms with van der Waals surface area (Å²) in [5.74, 6) is -0.891. The zero-order chi connectivity index (χ0) is 13.1. The van der Waals surface area contributed by atoms with E-state index in [-0.39, 0.29) is 5.69 Å². The van der Waals surface area contributed by atoms with E-state index < -0.39 is 11.6 Å². The van der Waals surface area contributed by atoms with Gasteiger partial charge in [0.2, 0.25) is 0 Å².